The van der Waals surface area contributed by atoms with Gasteiger partial charge in [0, 0.05) is 39.7 Å². The Kier molecular flexibility index (Phi) is 4.42. The molecule has 1 aliphatic rings. The van der Waals surface area contributed by atoms with E-state index >= 15 is 0 Å². The molecule has 0 saturated carbocycles. The molecule has 0 bridgehead atoms. The summed E-state index contributed by atoms with van der Waals surface area (Å²) >= 11 is 3.51. The number of rotatable bonds is 4. The summed E-state index contributed by atoms with van der Waals surface area (Å²) in [6, 6.07) is -0.205. The first-order valence-electron chi connectivity index (χ1n) is 6.25. The van der Waals surface area contributed by atoms with E-state index in [0.29, 0.717) is 19.8 Å². The highest BCUT2D eigenvalue weighted by Gasteiger charge is 2.42. The molecule has 6 heteroatoms. The predicted octanol–water partition coefficient (Wildman–Crippen LogP) is 1.77. The molecular weight excluding hydrogens is 298 g/mol. The van der Waals surface area contributed by atoms with Gasteiger partial charge in [-0.25, -0.2) is 0 Å². The van der Waals surface area contributed by atoms with Crippen molar-refractivity contribution >= 4 is 15.9 Å². The first-order valence-corrected chi connectivity index (χ1v) is 7.04. The van der Waals surface area contributed by atoms with Gasteiger partial charge in [-0.2, -0.15) is 5.10 Å². The van der Waals surface area contributed by atoms with Crippen molar-refractivity contribution in [2.24, 2.45) is 12.8 Å². The normalized spacial score (nSPS) is 20.9. The highest BCUT2D eigenvalue weighted by molar-refractivity contribution is 9.10. The molecule has 5 nitrogen and oxygen atoms in total. The van der Waals surface area contributed by atoms with Crippen LogP contribution in [0.15, 0.2) is 10.7 Å². The lowest BCUT2D eigenvalue weighted by Crippen LogP contribution is -2.48. The first-order chi connectivity index (χ1) is 8.60. The van der Waals surface area contributed by atoms with Crippen LogP contribution in [0.25, 0.3) is 0 Å². The molecule has 102 valence electrons. The summed E-state index contributed by atoms with van der Waals surface area (Å²) < 4.78 is 14.2. The van der Waals surface area contributed by atoms with E-state index in [1.165, 1.54) is 0 Å². The molecule has 0 aliphatic carbocycles. The zero-order valence-corrected chi connectivity index (χ0v) is 12.4. The fourth-order valence-electron chi connectivity index (χ4n) is 2.57. The van der Waals surface area contributed by atoms with E-state index in [2.05, 4.69) is 21.0 Å². The van der Waals surface area contributed by atoms with Crippen molar-refractivity contribution in [3.05, 3.63) is 16.4 Å². The summed E-state index contributed by atoms with van der Waals surface area (Å²) in [5.74, 6) is 0. The molecule has 1 unspecified atom stereocenters. The van der Waals surface area contributed by atoms with E-state index in [1.54, 1.807) is 6.20 Å². The fourth-order valence-corrected chi connectivity index (χ4v) is 3.16. The zero-order valence-electron chi connectivity index (χ0n) is 10.9. The molecule has 2 N–H and O–H groups in total. The fraction of sp³-hybridized carbons (Fsp3) is 0.750. The van der Waals surface area contributed by atoms with Crippen LogP contribution in [0.2, 0.25) is 0 Å². The summed E-state index contributed by atoms with van der Waals surface area (Å²) in [5.41, 5.74) is 7.10. The van der Waals surface area contributed by atoms with Gasteiger partial charge in [-0.05, 0) is 22.9 Å². The Morgan fingerprint density at radius 1 is 1.61 bits per heavy atom. The van der Waals surface area contributed by atoms with Gasteiger partial charge in [0.2, 0.25) is 0 Å². The predicted molar refractivity (Wildman–Crippen MR) is 72.2 cm³/mol. The Hall–Kier alpha value is -0.430. The third kappa shape index (κ3) is 2.47. The molecule has 1 saturated heterocycles. The minimum Gasteiger partial charge on any atom is -0.381 e. The van der Waals surface area contributed by atoms with E-state index in [0.717, 1.165) is 23.0 Å². The molecule has 1 fully saturated rings. The molecule has 0 spiro atoms. The average Bonchev–Trinajstić information content (AvgIpc) is 2.70. The number of aryl methyl sites for hydroxylation is 1. The van der Waals surface area contributed by atoms with Crippen LogP contribution >= 0.6 is 15.9 Å². The smallest absolute Gasteiger partial charge is 0.0933 e. The first kappa shape index (κ1) is 14.0. The third-order valence-electron chi connectivity index (χ3n) is 3.57. The molecule has 1 aliphatic heterocycles. The topological polar surface area (TPSA) is 62.3 Å². The van der Waals surface area contributed by atoms with Crippen LogP contribution in [0.4, 0.5) is 0 Å². The number of hydrogen-bond acceptors (Lipinski definition) is 4. The van der Waals surface area contributed by atoms with Crippen molar-refractivity contribution in [1.29, 1.82) is 0 Å². The van der Waals surface area contributed by atoms with Crippen molar-refractivity contribution in [3.63, 3.8) is 0 Å². The van der Waals surface area contributed by atoms with Crippen molar-refractivity contribution in [2.45, 2.75) is 31.4 Å². The maximum atomic E-state index is 6.47. The zero-order chi connectivity index (χ0) is 13.2. The number of nitrogens with zero attached hydrogens (tertiary/aromatic N) is 2. The van der Waals surface area contributed by atoms with Crippen molar-refractivity contribution in [3.8, 4) is 0 Å². The Labute approximate surface area is 116 Å². The monoisotopic (exact) mass is 317 g/mol. The Bertz CT molecular complexity index is 377. The number of aromatic nitrogens is 2. The average molecular weight is 318 g/mol. The molecule has 2 rings (SSSR count). The second-order valence-corrected chi connectivity index (χ2v) is 5.44. The van der Waals surface area contributed by atoms with Gasteiger partial charge >= 0.3 is 0 Å². The lowest BCUT2D eigenvalue weighted by Gasteiger charge is -2.41. The molecule has 1 atom stereocenters. The Balaban J connectivity index is 2.30. The number of hydrogen-bond donors (Lipinski definition) is 1. The summed E-state index contributed by atoms with van der Waals surface area (Å²) in [7, 11) is 1.90. The molecule has 2 heterocycles. The minimum absolute atomic E-state index is 0.205. The van der Waals surface area contributed by atoms with E-state index in [-0.39, 0.29) is 11.6 Å². The molecule has 18 heavy (non-hydrogen) atoms. The van der Waals surface area contributed by atoms with Crippen molar-refractivity contribution in [2.75, 3.05) is 19.8 Å². The lowest BCUT2D eigenvalue weighted by atomic mass is 9.84. The van der Waals surface area contributed by atoms with Crippen LogP contribution in [-0.2, 0) is 16.5 Å². The van der Waals surface area contributed by atoms with Gasteiger partial charge in [0.25, 0.3) is 0 Å². The SMILES string of the molecule is CCOC1(C(N)c2c(Br)cnn2C)CCOCC1. The summed E-state index contributed by atoms with van der Waals surface area (Å²) in [5, 5.41) is 4.23. The lowest BCUT2D eigenvalue weighted by molar-refractivity contribution is -0.122. The molecule has 0 amide bonds. The molecular formula is C12H20BrN3O2. The summed E-state index contributed by atoms with van der Waals surface area (Å²) in [6.07, 6.45) is 3.41. The van der Waals surface area contributed by atoms with Crippen LogP contribution in [0, 0.1) is 0 Å². The van der Waals surface area contributed by atoms with Crippen LogP contribution in [0.1, 0.15) is 31.5 Å². The van der Waals surface area contributed by atoms with Gasteiger partial charge in [-0.15, -0.1) is 0 Å². The minimum atomic E-state index is -0.344. The van der Waals surface area contributed by atoms with Crippen molar-refractivity contribution < 1.29 is 9.47 Å². The Morgan fingerprint density at radius 3 is 2.78 bits per heavy atom. The van der Waals surface area contributed by atoms with E-state index < -0.39 is 0 Å². The van der Waals surface area contributed by atoms with Gasteiger partial charge in [-0.1, -0.05) is 0 Å². The van der Waals surface area contributed by atoms with Gasteiger partial charge in [-0.3, -0.25) is 4.68 Å². The largest absolute Gasteiger partial charge is 0.381 e. The quantitative estimate of drug-likeness (QED) is 0.919. The number of halogens is 1. The maximum absolute atomic E-state index is 6.47. The second kappa shape index (κ2) is 5.69. The van der Waals surface area contributed by atoms with Crippen LogP contribution in [-0.4, -0.2) is 35.2 Å². The van der Waals surface area contributed by atoms with Gasteiger partial charge in [0.05, 0.1) is 28.0 Å². The number of ether oxygens (including phenoxy) is 2. The maximum Gasteiger partial charge on any atom is 0.0933 e. The molecule has 1 aromatic rings. The van der Waals surface area contributed by atoms with E-state index in [1.807, 2.05) is 18.7 Å². The molecule has 0 radical (unpaired) electrons. The van der Waals surface area contributed by atoms with Crippen LogP contribution < -0.4 is 5.73 Å². The van der Waals surface area contributed by atoms with E-state index in [4.69, 9.17) is 15.2 Å². The number of nitrogens with two attached hydrogens (primary N) is 1. The molecule has 1 aromatic heterocycles. The summed E-state index contributed by atoms with van der Waals surface area (Å²) in [4.78, 5) is 0. The summed E-state index contributed by atoms with van der Waals surface area (Å²) in [6.45, 7) is 4.05. The van der Waals surface area contributed by atoms with Crippen molar-refractivity contribution in [1.82, 2.24) is 9.78 Å². The van der Waals surface area contributed by atoms with Gasteiger partial charge < -0.3 is 15.2 Å². The van der Waals surface area contributed by atoms with Crippen LogP contribution in [0.5, 0.6) is 0 Å². The highest BCUT2D eigenvalue weighted by Crippen LogP contribution is 2.38. The second-order valence-electron chi connectivity index (χ2n) is 4.59. The standard InChI is InChI=1S/C12H20BrN3O2/c1-3-18-12(4-6-17-7-5-12)11(14)10-9(13)8-15-16(10)2/h8,11H,3-7,14H2,1-2H3. The van der Waals surface area contributed by atoms with E-state index in [9.17, 15) is 0 Å². The molecule has 0 aromatic carbocycles. The highest BCUT2D eigenvalue weighted by atomic mass is 79.9. The Morgan fingerprint density at radius 2 is 2.28 bits per heavy atom. The van der Waals surface area contributed by atoms with Gasteiger partial charge in [0.1, 0.15) is 0 Å². The van der Waals surface area contributed by atoms with Gasteiger partial charge in [0.15, 0.2) is 0 Å². The van der Waals surface area contributed by atoms with Crippen LogP contribution in [0.3, 0.4) is 0 Å². The third-order valence-corrected chi connectivity index (χ3v) is 4.18.